The van der Waals surface area contributed by atoms with Crippen molar-refractivity contribution < 1.29 is 18.4 Å². The molecule has 1 aliphatic rings. The lowest BCUT2D eigenvalue weighted by molar-refractivity contribution is 0.102. The van der Waals surface area contributed by atoms with Crippen molar-refractivity contribution in [2.45, 2.75) is 38.2 Å². The lowest BCUT2D eigenvalue weighted by Crippen LogP contribution is -2.20. The molecule has 1 aromatic carbocycles. The van der Waals surface area contributed by atoms with Crippen molar-refractivity contribution >= 4 is 0 Å². The third kappa shape index (κ3) is 3.10. The first kappa shape index (κ1) is 14.1. The van der Waals surface area contributed by atoms with E-state index in [1.54, 1.807) is 0 Å². The highest BCUT2D eigenvalue weighted by Gasteiger charge is 2.25. The van der Waals surface area contributed by atoms with Gasteiger partial charge in [-0.2, -0.15) is 4.98 Å². The molecular formula is C15H16F2N2O2. The van der Waals surface area contributed by atoms with Crippen LogP contribution in [0.15, 0.2) is 22.7 Å². The summed E-state index contributed by atoms with van der Waals surface area (Å²) in [6.45, 7) is 0. The summed E-state index contributed by atoms with van der Waals surface area (Å²) in [5.74, 6) is -1.08. The zero-order chi connectivity index (χ0) is 14.8. The monoisotopic (exact) mass is 294 g/mol. The van der Waals surface area contributed by atoms with E-state index in [1.807, 2.05) is 0 Å². The molecule has 2 aromatic rings. The number of hydrogen-bond donors (Lipinski definition) is 1. The number of aliphatic hydroxyl groups is 1. The molecule has 0 bridgehead atoms. The molecule has 0 amide bonds. The van der Waals surface area contributed by atoms with Gasteiger partial charge in [0.2, 0.25) is 11.7 Å². The predicted molar refractivity (Wildman–Crippen MR) is 71.3 cm³/mol. The Bertz CT molecular complexity index is 624. The SMILES string of the molecule is OC(Cc1nc(-c2ccc(F)c(F)c2)no1)C1CCCC1. The Balaban J connectivity index is 1.72. The lowest BCUT2D eigenvalue weighted by Gasteiger charge is -2.14. The first-order valence-electron chi connectivity index (χ1n) is 7.09. The van der Waals surface area contributed by atoms with Crippen molar-refractivity contribution in [3.8, 4) is 11.4 Å². The highest BCUT2D eigenvalue weighted by atomic mass is 19.2. The van der Waals surface area contributed by atoms with E-state index in [9.17, 15) is 13.9 Å². The van der Waals surface area contributed by atoms with Gasteiger partial charge in [-0.1, -0.05) is 18.0 Å². The van der Waals surface area contributed by atoms with Gasteiger partial charge in [0, 0.05) is 5.56 Å². The summed E-state index contributed by atoms with van der Waals surface area (Å²) in [6.07, 6.45) is 4.13. The van der Waals surface area contributed by atoms with Gasteiger partial charge >= 0.3 is 0 Å². The molecule has 0 radical (unpaired) electrons. The van der Waals surface area contributed by atoms with E-state index in [4.69, 9.17) is 4.52 Å². The van der Waals surface area contributed by atoms with Crippen LogP contribution in [0.4, 0.5) is 8.78 Å². The fourth-order valence-corrected chi connectivity index (χ4v) is 2.78. The van der Waals surface area contributed by atoms with Crippen LogP contribution in [-0.4, -0.2) is 21.4 Å². The summed E-state index contributed by atoms with van der Waals surface area (Å²) in [7, 11) is 0. The third-order valence-corrected chi connectivity index (χ3v) is 3.97. The standard InChI is InChI=1S/C15H16F2N2O2/c16-11-6-5-10(7-12(11)17)15-18-14(21-19-15)8-13(20)9-3-1-2-4-9/h5-7,9,13,20H,1-4,8H2. The fourth-order valence-electron chi connectivity index (χ4n) is 2.78. The van der Waals surface area contributed by atoms with Crippen LogP contribution in [-0.2, 0) is 6.42 Å². The van der Waals surface area contributed by atoms with E-state index in [-0.39, 0.29) is 11.7 Å². The Morgan fingerprint density at radius 3 is 2.71 bits per heavy atom. The van der Waals surface area contributed by atoms with E-state index in [1.165, 1.54) is 6.07 Å². The van der Waals surface area contributed by atoms with Crippen LogP contribution >= 0.6 is 0 Å². The summed E-state index contributed by atoms with van der Waals surface area (Å²) < 4.78 is 31.2. The average Bonchev–Trinajstić information content (AvgIpc) is 3.12. The molecule has 6 heteroatoms. The Labute approximate surface area is 120 Å². The van der Waals surface area contributed by atoms with Gasteiger partial charge < -0.3 is 9.63 Å². The molecular weight excluding hydrogens is 278 g/mol. The number of hydrogen-bond acceptors (Lipinski definition) is 4. The van der Waals surface area contributed by atoms with Crippen LogP contribution < -0.4 is 0 Å². The number of rotatable bonds is 4. The molecule has 21 heavy (non-hydrogen) atoms. The molecule has 0 aliphatic heterocycles. The number of nitrogens with zero attached hydrogens (tertiary/aromatic N) is 2. The Hall–Kier alpha value is -1.82. The smallest absolute Gasteiger partial charge is 0.229 e. The molecule has 1 heterocycles. The molecule has 1 atom stereocenters. The van der Waals surface area contributed by atoms with Gasteiger partial charge in [-0.05, 0) is 37.0 Å². The van der Waals surface area contributed by atoms with Crippen LogP contribution in [0.2, 0.25) is 0 Å². The Kier molecular flexibility index (Phi) is 3.96. The number of aliphatic hydroxyl groups excluding tert-OH is 1. The van der Waals surface area contributed by atoms with Crippen LogP contribution in [0.1, 0.15) is 31.6 Å². The van der Waals surface area contributed by atoms with Gasteiger partial charge in [-0.3, -0.25) is 0 Å². The molecule has 1 saturated carbocycles. The molecule has 1 aromatic heterocycles. The minimum Gasteiger partial charge on any atom is -0.392 e. The van der Waals surface area contributed by atoms with E-state index >= 15 is 0 Å². The van der Waals surface area contributed by atoms with Gasteiger partial charge in [0.15, 0.2) is 11.6 Å². The maximum Gasteiger partial charge on any atom is 0.229 e. The summed E-state index contributed by atoms with van der Waals surface area (Å²) in [6, 6.07) is 3.44. The zero-order valence-corrected chi connectivity index (χ0v) is 11.4. The second-order valence-corrected chi connectivity index (χ2v) is 5.46. The lowest BCUT2D eigenvalue weighted by atomic mass is 9.98. The second-order valence-electron chi connectivity index (χ2n) is 5.46. The maximum absolute atomic E-state index is 13.2. The molecule has 0 spiro atoms. The minimum absolute atomic E-state index is 0.197. The summed E-state index contributed by atoms with van der Waals surface area (Å²) >= 11 is 0. The van der Waals surface area contributed by atoms with Crippen molar-refractivity contribution in [3.63, 3.8) is 0 Å². The minimum atomic E-state index is -0.954. The van der Waals surface area contributed by atoms with E-state index in [0.29, 0.717) is 17.9 Å². The topological polar surface area (TPSA) is 59.2 Å². The van der Waals surface area contributed by atoms with Gasteiger partial charge in [0.25, 0.3) is 0 Å². The molecule has 1 fully saturated rings. The van der Waals surface area contributed by atoms with Crippen molar-refractivity contribution in [2.75, 3.05) is 0 Å². The summed E-state index contributed by atoms with van der Waals surface area (Å²) in [4.78, 5) is 4.14. The molecule has 112 valence electrons. The quantitative estimate of drug-likeness (QED) is 0.941. The van der Waals surface area contributed by atoms with Gasteiger partial charge in [-0.15, -0.1) is 0 Å². The Morgan fingerprint density at radius 2 is 2.00 bits per heavy atom. The highest BCUT2D eigenvalue weighted by Crippen LogP contribution is 2.29. The summed E-state index contributed by atoms with van der Waals surface area (Å²) in [5.41, 5.74) is 0.347. The maximum atomic E-state index is 13.2. The predicted octanol–water partition coefficient (Wildman–Crippen LogP) is 3.11. The molecule has 1 unspecified atom stereocenters. The first-order chi connectivity index (χ1) is 10.1. The van der Waals surface area contributed by atoms with Gasteiger partial charge in [0.1, 0.15) is 0 Å². The zero-order valence-electron chi connectivity index (χ0n) is 11.4. The third-order valence-electron chi connectivity index (χ3n) is 3.97. The fraction of sp³-hybridized carbons (Fsp3) is 0.467. The number of aromatic nitrogens is 2. The van der Waals surface area contributed by atoms with Crippen LogP contribution in [0.3, 0.4) is 0 Å². The normalized spacial score (nSPS) is 17.3. The van der Waals surface area contributed by atoms with Crippen molar-refractivity contribution in [1.29, 1.82) is 0 Å². The van der Waals surface area contributed by atoms with E-state index in [0.717, 1.165) is 37.8 Å². The molecule has 1 N–H and O–H groups in total. The number of benzene rings is 1. The average molecular weight is 294 g/mol. The van der Waals surface area contributed by atoms with E-state index in [2.05, 4.69) is 10.1 Å². The van der Waals surface area contributed by atoms with Gasteiger partial charge in [-0.25, -0.2) is 8.78 Å². The van der Waals surface area contributed by atoms with Crippen LogP contribution in [0, 0.1) is 17.6 Å². The molecule has 1 aliphatic carbocycles. The second kappa shape index (κ2) is 5.89. The molecule has 3 rings (SSSR count). The summed E-state index contributed by atoms with van der Waals surface area (Å²) in [5, 5.41) is 13.9. The molecule has 0 saturated heterocycles. The van der Waals surface area contributed by atoms with E-state index < -0.39 is 17.7 Å². The largest absolute Gasteiger partial charge is 0.392 e. The van der Waals surface area contributed by atoms with Crippen LogP contribution in [0.5, 0.6) is 0 Å². The Morgan fingerprint density at radius 1 is 1.24 bits per heavy atom. The molecule has 4 nitrogen and oxygen atoms in total. The van der Waals surface area contributed by atoms with Gasteiger partial charge in [0.05, 0.1) is 12.5 Å². The van der Waals surface area contributed by atoms with Crippen molar-refractivity contribution in [1.82, 2.24) is 10.1 Å². The highest BCUT2D eigenvalue weighted by molar-refractivity contribution is 5.54. The first-order valence-corrected chi connectivity index (χ1v) is 7.09. The van der Waals surface area contributed by atoms with Crippen LogP contribution in [0.25, 0.3) is 11.4 Å². The van der Waals surface area contributed by atoms with Crippen molar-refractivity contribution in [2.24, 2.45) is 5.92 Å². The number of halogens is 2. The van der Waals surface area contributed by atoms with Crippen molar-refractivity contribution in [3.05, 3.63) is 35.7 Å².